The summed E-state index contributed by atoms with van der Waals surface area (Å²) in [6.07, 6.45) is 6.27. The molecule has 1 saturated carbocycles. The fraction of sp³-hybridized carbons (Fsp3) is 0.905. The summed E-state index contributed by atoms with van der Waals surface area (Å²) >= 11 is 0. The van der Waals surface area contributed by atoms with Crippen LogP contribution in [0.5, 0.6) is 0 Å². The van der Waals surface area contributed by atoms with Crippen LogP contribution >= 0.6 is 0 Å². The zero-order valence-corrected chi connectivity index (χ0v) is 18.0. The van der Waals surface area contributed by atoms with Gasteiger partial charge in [0, 0.05) is 38.8 Å². The highest BCUT2D eigenvalue weighted by molar-refractivity contribution is 5.78. The minimum Gasteiger partial charge on any atom is -0.376 e. The van der Waals surface area contributed by atoms with Crippen LogP contribution in [0.25, 0.3) is 0 Å². The zero-order valence-electron chi connectivity index (χ0n) is 18.0. The van der Waals surface area contributed by atoms with Gasteiger partial charge in [-0.25, -0.2) is 0 Å². The van der Waals surface area contributed by atoms with E-state index in [0.717, 1.165) is 39.0 Å². The van der Waals surface area contributed by atoms with E-state index in [-0.39, 0.29) is 17.9 Å². The number of amides is 2. The van der Waals surface area contributed by atoms with Crippen molar-refractivity contribution in [1.82, 2.24) is 20.4 Å². The molecule has 2 amide bonds. The van der Waals surface area contributed by atoms with Gasteiger partial charge in [0.1, 0.15) is 0 Å². The Morgan fingerprint density at radius 3 is 2.25 bits per heavy atom. The molecule has 1 heterocycles. The summed E-state index contributed by atoms with van der Waals surface area (Å²) in [5.74, 6) is 0.782. The van der Waals surface area contributed by atoms with Crippen LogP contribution in [-0.4, -0.2) is 86.2 Å². The van der Waals surface area contributed by atoms with Crippen LogP contribution in [0.1, 0.15) is 52.9 Å². The molecule has 28 heavy (non-hydrogen) atoms. The van der Waals surface area contributed by atoms with E-state index in [1.807, 2.05) is 6.92 Å². The quantitative estimate of drug-likeness (QED) is 0.544. The van der Waals surface area contributed by atoms with Crippen LogP contribution < -0.4 is 10.6 Å². The maximum atomic E-state index is 12.2. The number of nitrogens with one attached hydrogen (secondary N) is 2. The molecule has 1 aliphatic carbocycles. The first-order valence-corrected chi connectivity index (χ1v) is 11.1. The number of hydrogen-bond donors (Lipinski definition) is 2. The summed E-state index contributed by atoms with van der Waals surface area (Å²) in [4.78, 5) is 28.4. The molecule has 1 aliphatic heterocycles. The SMILES string of the molecule is CCC(C)NC(=O)CN1CCN(CC(=O)NCCOC2CCCCC2C)CC1. The van der Waals surface area contributed by atoms with Crippen molar-refractivity contribution in [3.05, 3.63) is 0 Å². The van der Waals surface area contributed by atoms with Crippen LogP contribution in [0, 0.1) is 5.92 Å². The molecule has 2 rings (SSSR count). The summed E-state index contributed by atoms with van der Waals surface area (Å²) in [7, 11) is 0. The lowest BCUT2D eigenvalue weighted by molar-refractivity contribution is -0.125. The Labute approximate surface area is 170 Å². The van der Waals surface area contributed by atoms with Gasteiger partial charge < -0.3 is 15.4 Å². The molecule has 3 atom stereocenters. The van der Waals surface area contributed by atoms with Crippen molar-refractivity contribution in [3.8, 4) is 0 Å². The van der Waals surface area contributed by atoms with Crippen LogP contribution in [-0.2, 0) is 14.3 Å². The second-order valence-electron chi connectivity index (χ2n) is 8.45. The molecule has 0 aromatic rings. The van der Waals surface area contributed by atoms with Gasteiger partial charge in [0.25, 0.3) is 0 Å². The Kier molecular flexibility index (Phi) is 10.2. The Morgan fingerprint density at radius 2 is 1.64 bits per heavy atom. The number of carbonyl (C=O) groups is 2. The van der Waals surface area contributed by atoms with Gasteiger partial charge in [-0.15, -0.1) is 0 Å². The molecule has 3 unspecified atom stereocenters. The molecule has 7 nitrogen and oxygen atoms in total. The minimum atomic E-state index is 0.0586. The Morgan fingerprint density at radius 1 is 1.04 bits per heavy atom. The number of rotatable bonds is 10. The molecule has 162 valence electrons. The lowest BCUT2D eigenvalue weighted by atomic mass is 9.88. The maximum Gasteiger partial charge on any atom is 0.234 e. The van der Waals surface area contributed by atoms with E-state index in [2.05, 4.69) is 34.3 Å². The molecule has 0 spiro atoms. The number of ether oxygens (including phenoxy) is 1. The van der Waals surface area contributed by atoms with Crippen molar-refractivity contribution >= 4 is 11.8 Å². The Bertz CT molecular complexity index is 480. The van der Waals surface area contributed by atoms with E-state index in [0.29, 0.717) is 38.3 Å². The van der Waals surface area contributed by atoms with Gasteiger partial charge in [-0.1, -0.05) is 26.7 Å². The molecule has 0 aromatic carbocycles. The summed E-state index contributed by atoms with van der Waals surface area (Å²) < 4.78 is 5.95. The van der Waals surface area contributed by atoms with E-state index < -0.39 is 0 Å². The maximum absolute atomic E-state index is 12.2. The van der Waals surface area contributed by atoms with Crippen molar-refractivity contribution in [3.63, 3.8) is 0 Å². The van der Waals surface area contributed by atoms with Crippen molar-refractivity contribution in [2.45, 2.75) is 65.0 Å². The standard InChI is InChI=1S/C21H40N4O3/c1-4-18(3)23-21(27)16-25-12-10-24(11-13-25)15-20(26)22-9-14-28-19-8-6-5-7-17(19)2/h17-19H,4-16H2,1-3H3,(H,22,26)(H,23,27). The fourth-order valence-corrected chi connectivity index (χ4v) is 3.92. The second kappa shape index (κ2) is 12.4. The fourth-order valence-electron chi connectivity index (χ4n) is 3.92. The molecule has 0 bridgehead atoms. The lowest BCUT2D eigenvalue weighted by Crippen LogP contribution is -2.52. The molecular formula is C21H40N4O3. The average molecular weight is 397 g/mol. The third kappa shape index (κ3) is 8.45. The number of piperazine rings is 1. The normalized spacial score (nSPS) is 25.2. The molecule has 7 heteroatoms. The molecule has 2 N–H and O–H groups in total. The van der Waals surface area contributed by atoms with Crippen molar-refractivity contribution in [2.75, 3.05) is 52.4 Å². The van der Waals surface area contributed by atoms with Gasteiger partial charge in [-0.2, -0.15) is 0 Å². The van der Waals surface area contributed by atoms with Crippen LogP contribution in [0.2, 0.25) is 0 Å². The van der Waals surface area contributed by atoms with E-state index in [1.165, 1.54) is 19.3 Å². The van der Waals surface area contributed by atoms with Crippen LogP contribution in [0.3, 0.4) is 0 Å². The average Bonchev–Trinajstić information content (AvgIpc) is 2.68. The first-order valence-electron chi connectivity index (χ1n) is 11.1. The summed E-state index contributed by atoms with van der Waals surface area (Å²) in [5.41, 5.74) is 0. The van der Waals surface area contributed by atoms with Gasteiger partial charge >= 0.3 is 0 Å². The number of hydrogen-bond acceptors (Lipinski definition) is 5. The highest BCUT2D eigenvalue weighted by atomic mass is 16.5. The van der Waals surface area contributed by atoms with Gasteiger partial charge in [-0.3, -0.25) is 19.4 Å². The van der Waals surface area contributed by atoms with E-state index in [1.54, 1.807) is 0 Å². The summed E-state index contributed by atoms with van der Waals surface area (Å²) in [6.45, 7) is 11.7. The smallest absolute Gasteiger partial charge is 0.234 e. The monoisotopic (exact) mass is 396 g/mol. The van der Waals surface area contributed by atoms with Gasteiger partial charge in [0.05, 0.1) is 25.8 Å². The first-order chi connectivity index (χ1) is 13.5. The van der Waals surface area contributed by atoms with Gasteiger partial charge in [0.2, 0.25) is 11.8 Å². The number of carbonyl (C=O) groups excluding carboxylic acids is 2. The third-order valence-electron chi connectivity index (χ3n) is 6.01. The van der Waals surface area contributed by atoms with Crippen molar-refractivity contribution < 1.29 is 14.3 Å². The predicted octanol–water partition coefficient (Wildman–Crippen LogP) is 1.23. The first kappa shape index (κ1) is 23.1. The summed E-state index contributed by atoms with van der Waals surface area (Å²) in [6, 6.07) is 0.225. The predicted molar refractivity (Wildman–Crippen MR) is 111 cm³/mol. The lowest BCUT2D eigenvalue weighted by Gasteiger charge is -2.34. The van der Waals surface area contributed by atoms with E-state index in [4.69, 9.17) is 4.74 Å². The highest BCUT2D eigenvalue weighted by Crippen LogP contribution is 2.25. The van der Waals surface area contributed by atoms with Gasteiger partial charge in [0.15, 0.2) is 0 Å². The summed E-state index contributed by atoms with van der Waals surface area (Å²) in [5, 5.41) is 5.98. The van der Waals surface area contributed by atoms with E-state index in [9.17, 15) is 9.59 Å². The Balaban J connectivity index is 1.53. The zero-order chi connectivity index (χ0) is 20.4. The van der Waals surface area contributed by atoms with Crippen molar-refractivity contribution in [1.29, 1.82) is 0 Å². The van der Waals surface area contributed by atoms with E-state index >= 15 is 0 Å². The third-order valence-corrected chi connectivity index (χ3v) is 6.01. The number of nitrogens with zero attached hydrogens (tertiary/aromatic N) is 2. The Hall–Kier alpha value is -1.18. The molecule has 0 radical (unpaired) electrons. The molecular weight excluding hydrogens is 356 g/mol. The largest absolute Gasteiger partial charge is 0.376 e. The van der Waals surface area contributed by atoms with Crippen LogP contribution in [0.15, 0.2) is 0 Å². The van der Waals surface area contributed by atoms with Crippen LogP contribution in [0.4, 0.5) is 0 Å². The highest BCUT2D eigenvalue weighted by Gasteiger charge is 2.22. The van der Waals surface area contributed by atoms with Gasteiger partial charge in [-0.05, 0) is 32.1 Å². The topological polar surface area (TPSA) is 73.9 Å². The molecule has 0 aromatic heterocycles. The second-order valence-corrected chi connectivity index (χ2v) is 8.45. The molecule has 2 aliphatic rings. The molecule has 1 saturated heterocycles. The molecule has 2 fully saturated rings. The minimum absolute atomic E-state index is 0.0586. The van der Waals surface area contributed by atoms with Crippen molar-refractivity contribution in [2.24, 2.45) is 5.92 Å².